The molecule has 2 aliphatic rings. The quantitative estimate of drug-likeness (QED) is 0.457. The number of hydrogen-bond donors (Lipinski definition) is 0. The van der Waals surface area contributed by atoms with Crippen molar-refractivity contribution in [3.05, 3.63) is 60.0 Å². The number of amides is 1. The summed E-state index contributed by atoms with van der Waals surface area (Å²) in [5.41, 5.74) is 1.97. The summed E-state index contributed by atoms with van der Waals surface area (Å²) in [6, 6.07) is 11.4. The zero-order valence-electron chi connectivity index (χ0n) is 19.5. The molecule has 0 N–H and O–H groups in total. The standard InChI is InChI=1S/C25H29FN6O3/c26-14-21-12-22(32-17-28-29-30-32)15-27-24(21)34-11-8-20-13-23(20)19-6-9-31(10-7-19)25(33)35-16-18-4-2-1-3-5-18/h1-5,12,15,17,19-20,23H,6-11,13-14,16H2/t20-,23-/m1/s1. The van der Waals surface area contributed by atoms with Crippen LogP contribution >= 0.6 is 0 Å². The van der Waals surface area contributed by atoms with E-state index in [1.807, 2.05) is 35.2 Å². The zero-order chi connectivity index (χ0) is 24.0. The van der Waals surface area contributed by atoms with Crippen molar-refractivity contribution in [2.45, 2.75) is 39.0 Å². The summed E-state index contributed by atoms with van der Waals surface area (Å²) in [5.74, 6) is 2.25. The number of hydrogen-bond acceptors (Lipinski definition) is 7. The summed E-state index contributed by atoms with van der Waals surface area (Å²) in [6.45, 7) is 1.64. The van der Waals surface area contributed by atoms with E-state index in [1.165, 1.54) is 17.4 Å². The Morgan fingerprint density at radius 1 is 1.17 bits per heavy atom. The second-order valence-electron chi connectivity index (χ2n) is 9.21. The van der Waals surface area contributed by atoms with Gasteiger partial charge in [-0.15, -0.1) is 5.10 Å². The topological polar surface area (TPSA) is 95.3 Å². The van der Waals surface area contributed by atoms with Gasteiger partial charge >= 0.3 is 6.09 Å². The van der Waals surface area contributed by atoms with E-state index in [9.17, 15) is 9.18 Å². The van der Waals surface area contributed by atoms with Crippen LogP contribution in [0.5, 0.6) is 5.88 Å². The molecule has 35 heavy (non-hydrogen) atoms. The van der Waals surface area contributed by atoms with Crippen LogP contribution in [0.1, 0.15) is 36.8 Å². The van der Waals surface area contributed by atoms with Gasteiger partial charge in [-0.25, -0.2) is 14.2 Å². The van der Waals surface area contributed by atoms with Crippen LogP contribution in [0.2, 0.25) is 0 Å². The second kappa shape index (κ2) is 10.8. The highest BCUT2D eigenvalue weighted by Crippen LogP contribution is 2.49. The first-order chi connectivity index (χ1) is 17.2. The fraction of sp³-hybridized carbons (Fsp3) is 0.480. The Balaban J connectivity index is 1.02. The summed E-state index contributed by atoms with van der Waals surface area (Å²) < 4.78 is 26.2. The van der Waals surface area contributed by atoms with E-state index in [1.54, 1.807) is 12.3 Å². The summed E-state index contributed by atoms with van der Waals surface area (Å²) in [5, 5.41) is 11.0. The molecule has 1 aliphatic carbocycles. The minimum atomic E-state index is -0.670. The van der Waals surface area contributed by atoms with Crippen LogP contribution in [0, 0.1) is 17.8 Å². The predicted molar refractivity (Wildman–Crippen MR) is 124 cm³/mol. The third kappa shape index (κ3) is 5.75. The lowest BCUT2D eigenvalue weighted by Gasteiger charge is -2.31. The number of carbonyl (C=O) groups excluding carboxylic acids is 1. The Bertz CT molecular complexity index is 1110. The van der Waals surface area contributed by atoms with Crippen LogP contribution in [0.3, 0.4) is 0 Å². The number of nitrogens with zero attached hydrogens (tertiary/aromatic N) is 6. The number of carbonyl (C=O) groups is 1. The highest BCUT2D eigenvalue weighted by atomic mass is 19.1. The third-order valence-electron chi connectivity index (χ3n) is 6.98. The number of tetrazole rings is 1. The first-order valence-corrected chi connectivity index (χ1v) is 12.1. The van der Waals surface area contributed by atoms with E-state index < -0.39 is 6.67 Å². The van der Waals surface area contributed by atoms with E-state index in [0.717, 1.165) is 37.9 Å². The molecule has 184 valence electrons. The lowest BCUT2D eigenvalue weighted by molar-refractivity contribution is 0.0796. The van der Waals surface area contributed by atoms with Crippen LogP contribution in [0.4, 0.5) is 9.18 Å². The third-order valence-corrected chi connectivity index (χ3v) is 6.98. The first kappa shape index (κ1) is 23.2. The van der Waals surface area contributed by atoms with Crippen molar-refractivity contribution in [2.24, 2.45) is 17.8 Å². The highest BCUT2D eigenvalue weighted by Gasteiger charge is 2.43. The molecule has 3 heterocycles. The maximum atomic E-state index is 13.5. The lowest BCUT2D eigenvalue weighted by Crippen LogP contribution is -2.39. The average Bonchev–Trinajstić information content (AvgIpc) is 3.46. The van der Waals surface area contributed by atoms with Crippen molar-refractivity contribution >= 4 is 6.09 Å². The molecular formula is C25H29FN6O3. The van der Waals surface area contributed by atoms with Gasteiger partial charge in [-0.1, -0.05) is 30.3 Å². The molecule has 2 aromatic heterocycles. The number of piperidine rings is 1. The maximum Gasteiger partial charge on any atom is 0.410 e. The zero-order valence-corrected chi connectivity index (χ0v) is 19.5. The number of likely N-dealkylation sites (tertiary alicyclic amines) is 1. The van der Waals surface area contributed by atoms with Crippen LogP contribution in [0.25, 0.3) is 5.69 Å². The van der Waals surface area contributed by atoms with Gasteiger partial charge in [0.25, 0.3) is 0 Å². The summed E-state index contributed by atoms with van der Waals surface area (Å²) >= 11 is 0. The minimum absolute atomic E-state index is 0.227. The van der Waals surface area contributed by atoms with Crippen molar-refractivity contribution < 1.29 is 18.7 Å². The van der Waals surface area contributed by atoms with Crippen LogP contribution < -0.4 is 4.74 Å². The maximum absolute atomic E-state index is 13.5. The van der Waals surface area contributed by atoms with E-state index >= 15 is 0 Å². The van der Waals surface area contributed by atoms with Gasteiger partial charge in [0.15, 0.2) is 0 Å². The smallest absolute Gasteiger partial charge is 0.410 e. The molecule has 5 rings (SSSR count). The summed E-state index contributed by atoms with van der Waals surface area (Å²) in [4.78, 5) is 18.5. The average molecular weight is 481 g/mol. The van der Waals surface area contributed by atoms with Crippen molar-refractivity contribution in [3.63, 3.8) is 0 Å². The molecule has 0 radical (unpaired) electrons. The largest absolute Gasteiger partial charge is 0.477 e. The SMILES string of the molecule is O=C(OCc1ccccc1)N1CCC([C@H]2C[C@H]2CCOc2ncc(-n3cnnn3)cc2CF)CC1. The molecule has 0 spiro atoms. The van der Waals surface area contributed by atoms with Crippen LogP contribution in [-0.2, 0) is 18.0 Å². The van der Waals surface area contributed by atoms with Gasteiger partial charge < -0.3 is 14.4 Å². The number of aromatic nitrogens is 5. The Morgan fingerprint density at radius 3 is 2.74 bits per heavy atom. The van der Waals surface area contributed by atoms with Crippen molar-refractivity contribution in [1.29, 1.82) is 0 Å². The molecule has 2 fully saturated rings. The van der Waals surface area contributed by atoms with Gasteiger partial charge in [-0.05, 0) is 65.5 Å². The number of pyridine rings is 1. The summed E-state index contributed by atoms with van der Waals surface area (Å²) in [6.07, 6.45) is 6.91. The fourth-order valence-electron chi connectivity index (χ4n) is 4.92. The van der Waals surface area contributed by atoms with Crippen LogP contribution in [0.15, 0.2) is 48.9 Å². The molecule has 1 amide bonds. The van der Waals surface area contributed by atoms with Gasteiger partial charge in [0.1, 0.15) is 19.6 Å². The first-order valence-electron chi connectivity index (χ1n) is 12.1. The molecule has 0 bridgehead atoms. The molecule has 2 atom stereocenters. The molecule has 9 nitrogen and oxygen atoms in total. The Kier molecular flexibility index (Phi) is 7.15. The molecule has 1 aromatic carbocycles. The van der Waals surface area contributed by atoms with E-state index in [0.29, 0.717) is 48.1 Å². The summed E-state index contributed by atoms with van der Waals surface area (Å²) in [7, 11) is 0. The van der Waals surface area contributed by atoms with Gasteiger partial charge in [0.2, 0.25) is 5.88 Å². The van der Waals surface area contributed by atoms with E-state index in [4.69, 9.17) is 9.47 Å². The number of benzene rings is 1. The normalized spacial score (nSPS) is 20.0. The Morgan fingerprint density at radius 2 is 2.00 bits per heavy atom. The lowest BCUT2D eigenvalue weighted by atomic mass is 9.91. The number of ether oxygens (including phenoxy) is 2. The fourth-order valence-corrected chi connectivity index (χ4v) is 4.92. The van der Waals surface area contributed by atoms with Gasteiger partial charge in [0, 0.05) is 18.7 Å². The van der Waals surface area contributed by atoms with Crippen molar-refractivity contribution in [1.82, 2.24) is 30.1 Å². The van der Waals surface area contributed by atoms with Crippen LogP contribution in [-0.4, -0.2) is 55.9 Å². The molecule has 1 saturated heterocycles. The monoisotopic (exact) mass is 480 g/mol. The Labute approximate surface area is 203 Å². The number of alkyl halides is 1. The number of halogens is 1. The van der Waals surface area contributed by atoms with Gasteiger partial charge in [-0.3, -0.25) is 0 Å². The van der Waals surface area contributed by atoms with E-state index in [-0.39, 0.29) is 6.09 Å². The Hall–Kier alpha value is -3.56. The molecular weight excluding hydrogens is 451 g/mol. The van der Waals surface area contributed by atoms with Crippen molar-refractivity contribution in [3.8, 4) is 11.6 Å². The molecule has 1 aliphatic heterocycles. The van der Waals surface area contributed by atoms with Gasteiger partial charge in [0.05, 0.1) is 18.5 Å². The molecule has 0 unspecified atom stereocenters. The predicted octanol–water partition coefficient (Wildman–Crippen LogP) is 3.98. The second-order valence-corrected chi connectivity index (χ2v) is 9.21. The highest BCUT2D eigenvalue weighted by molar-refractivity contribution is 5.67. The molecule has 3 aromatic rings. The molecule has 10 heteroatoms. The number of rotatable bonds is 9. The van der Waals surface area contributed by atoms with Crippen molar-refractivity contribution in [2.75, 3.05) is 19.7 Å². The minimum Gasteiger partial charge on any atom is -0.477 e. The van der Waals surface area contributed by atoms with Gasteiger partial charge in [-0.2, -0.15) is 4.68 Å². The molecule has 1 saturated carbocycles. The van der Waals surface area contributed by atoms with E-state index in [2.05, 4.69) is 20.5 Å².